The first kappa shape index (κ1) is 13.1. The van der Waals surface area contributed by atoms with Crippen LogP contribution in [0.5, 0.6) is 5.75 Å². The van der Waals surface area contributed by atoms with Gasteiger partial charge in [0.15, 0.2) is 5.75 Å². The summed E-state index contributed by atoms with van der Waals surface area (Å²) in [5.74, 6) is -0.436. The maximum Gasteiger partial charge on any atom is 0.411 e. The number of nitrogens with one attached hydrogen (secondary N) is 2. The maximum absolute atomic E-state index is 12.9. The summed E-state index contributed by atoms with van der Waals surface area (Å²) in [5.41, 5.74) is -1.31. The van der Waals surface area contributed by atoms with Crippen molar-refractivity contribution in [2.24, 2.45) is 0 Å². The van der Waals surface area contributed by atoms with Crippen molar-refractivity contribution in [1.29, 1.82) is 0 Å². The second-order valence-electron chi connectivity index (χ2n) is 4.99. The number of anilines is 1. The molecule has 1 aromatic carbocycles. The topological polar surface area (TPSA) is 50.4 Å². The van der Waals surface area contributed by atoms with Gasteiger partial charge in [-0.1, -0.05) is 6.07 Å². The van der Waals surface area contributed by atoms with Gasteiger partial charge in [0.25, 0.3) is 5.91 Å². The van der Waals surface area contributed by atoms with Crippen molar-refractivity contribution in [2.45, 2.75) is 24.6 Å². The molecule has 1 amide bonds. The zero-order valence-corrected chi connectivity index (χ0v) is 10.5. The second-order valence-corrected chi connectivity index (χ2v) is 4.99. The number of benzene rings is 1. The van der Waals surface area contributed by atoms with E-state index in [1.807, 2.05) is 0 Å². The fourth-order valence-corrected chi connectivity index (χ4v) is 2.24. The number of para-hydroxylation sites is 1. The fraction of sp³-hybridized carbons (Fsp3) is 0.462. The quantitative estimate of drug-likeness (QED) is 0.877. The van der Waals surface area contributed by atoms with E-state index in [0.717, 1.165) is 0 Å². The average molecular weight is 286 g/mol. The van der Waals surface area contributed by atoms with Gasteiger partial charge < -0.3 is 15.4 Å². The van der Waals surface area contributed by atoms with Crippen LogP contribution in [0, 0.1) is 0 Å². The van der Waals surface area contributed by atoms with Gasteiger partial charge in [-0.15, -0.1) is 0 Å². The zero-order chi connectivity index (χ0) is 14.4. The Hall–Kier alpha value is -1.92. The summed E-state index contributed by atoms with van der Waals surface area (Å²) in [6.07, 6.45) is -4.57. The van der Waals surface area contributed by atoms with Gasteiger partial charge in [-0.25, -0.2) is 0 Å². The largest absolute Gasteiger partial charge is 0.489 e. The Morgan fingerprint density at radius 2 is 2.10 bits per heavy atom. The number of hydrogen-bond acceptors (Lipinski definition) is 3. The van der Waals surface area contributed by atoms with E-state index < -0.39 is 17.6 Å². The maximum atomic E-state index is 12.9. The molecule has 1 saturated carbocycles. The lowest BCUT2D eigenvalue weighted by Crippen LogP contribution is -2.48. The SMILES string of the molecule is O=C(NC1(C(F)(F)F)CC1)c1cccc2c1OCCN2. The standard InChI is InChI=1S/C13H13F3N2O2/c14-13(15,16)12(4-5-12)18-11(19)8-2-1-3-9-10(8)20-7-6-17-9/h1-3,17H,4-7H2,(H,18,19). The molecule has 0 atom stereocenters. The Morgan fingerprint density at radius 1 is 1.35 bits per heavy atom. The van der Waals surface area contributed by atoms with Crippen molar-refractivity contribution >= 4 is 11.6 Å². The average Bonchev–Trinajstić information content (AvgIpc) is 3.18. The van der Waals surface area contributed by atoms with Gasteiger partial charge in [0.2, 0.25) is 0 Å². The number of halogens is 3. The highest BCUT2D eigenvalue weighted by Crippen LogP contribution is 2.49. The van der Waals surface area contributed by atoms with Crippen molar-refractivity contribution < 1.29 is 22.7 Å². The van der Waals surface area contributed by atoms with Crippen LogP contribution in [0.25, 0.3) is 0 Å². The first-order valence-electron chi connectivity index (χ1n) is 6.32. The van der Waals surface area contributed by atoms with Crippen LogP contribution in [0.15, 0.2) is 18.2 Å². The Labute approximate surface area is 113 Å². The van der Waals surface area contributed by atoms with E-state index in [-0.39, 0.29) is 18.4 Å². The third-order valence-electron chi connectivity index (χ3n) is 3.57. The Bertz CT molecular complexity index is 553. The Balaban J connectivity index is 1.85. The first-order valence-corrected chi connectivity index (χ1v) is 6.32. The molecule has 1 fully saturated rings. The number of fused-ring (bicyclic) bond motifs is 1. The third kappa shape index (κ3) is 2.07. The minimum Gasteiger partial charge on any atom is -0.489 e. The molecule has 20 heavy (non-hydrogen) atoms. The molecule has 0 spiro atoms. The van der Waals surface area contributed by atoms with Crippen LogP contribution in [-0.4, -0.2) is 30.8 Å². The van der Waals surface area contributed by atoms with Crippen molar-refractivity contribution in [1.82, 2.24) is 5.32 Å². The van der Waals surface area contributed by atoms with Crippen LogP contribution in [0.2, 0.25) is 0 Å². The van der Waals surface area contributed by atoms with Crippen molar-refractivity contribution in [3.05, 3.63) is 23.8 Å². The van der Waals surface area contributed by atoms with Crippen molar-refractivity contribution in [3.63, 3.8) is 0 Å². The van der Waals surface area contributed by atoms with Gasteiger partial charge in [0.05, 0.1) is 11.3 Å². The number of alkyl halides is 3. The molecule has 2 aliphatic rings. The molecule has 0 radical (unpaired) electrons. The monoisotopic (exact) mass is 286 g/mol. The van der Waals surface area contributed by atoms with Crippen molar-refractivity contribution in [2.75, 3.05) is 18.5 Å². The normalized spacial score (nSPS) is 19.4. The molecular formula is C13H13F3N2O2. The van der Waals surface area contributed by atoms with Gasteiger partial charge in [-0.05, 0) is 25.0 Å². The number of hydrogen-bond donors (Lipinski definition) is 2. The molecule has 1 aliphatic heterocycles. The molecular weight excluding hydrogens is 273 g/mol. The van der Waals surface area contributed by atoms with Crippen LogP contribution in [-0.2, 0) is 0 Å². The summed E-state index contributed by atoms with van der Waals surface area (Å²) in [6, 6.07) is 4.80. The molecule has 1 aromatic rings. The predicted molar refractivity (Wildman–Crippen MR) is 65.9 cm³/mol. The van der Waals surface area contributed by atoms with Crippen LogP contribution in [0.3, 0.4) is 0 Å². The van der Waals surface area contributed by atoms with E-state index >= 15 is 0 Å². The molecule has 0 saturated heterocycles. The minimum atomic E-state index is -4.42. The third-order valence-corrected chi connectivity index (χ3v) is 3.57. The van der Waals surface area contributed by atoms with Crippen molar-refractivity contribution in [3.8, 4) is 5.75 Å². The van der Waals surface area contributed by atoms with Gasteiger partial charge in [-0.3, -0.25) is 4.79 Å². The molecule has 108 valence electrons. The Kier molecular flexibility index (Phi) is 2.81. The molecule has 7 heteroatoms. The summed E-state index contributed by atoms with van der Waals surface area (Å²) in [4.78, 5) is 12.1. The number of ether oxygens (including phenoxy) is 1. The van der Waals surface area contributed by atoms with E-state index in [9.17, 15) is 18.0 Å². The van der Waals surface area contributed by atoms with Crippen LogP contribution >= 0.6 is 0 Å². The predicted octanol–water partition coefficient (Wildman–Crippen LogP) is 2.32. The summed E-state index contributed by atoms with van der Waals surface area (Å²) in [7, 11) is 0. The van der Waals surface area contributed by atoms with E-state index in [4.69, 9.17) is 4.74 Å². The Morgan fingerprint density at radius 3 is 2.75 bits per heavy atom. The summed E-state index contributed by atoms with van der Waals surface area (Å²) >= 11 is 0. The van der Waals surface area contributed by atoms with E-state index in [1.165, 1.54) is 6.07 Å². The van der Waals surface area contributed by atoms with Crippen LogP contribution < -0.4 is 15.4 Å². The van der Waals surface area contributed by atoms with Crippen LogP contribution in [0.4, 0.5) is 18.9 Å². The summed E-state index contributed by atoms with van der Waals surface area (Å²) in [5, 5.41) is 5.14. The number of rotatable bonds is 2. The summed E-state index contributed by atoms with van der Waals surface area (Å²) in [6.45, 7) is 0.978. The van der Waals surface area contributed by atoms with E-state index in [1.54, 1.807) is 12.1 Å². The van der Waals surface area contributed by atoms with Gasteiger partial charge in [0.1, 0.15) is 12.1 Å². The lowest BCUT2D eigenvalue weighted by Gasteiger charge is -2.24. The lowest BCUT2D eigenvalue weighted by atomic mass is 10.1. The first-order chi connectivity index (χ1) is 9.43. The molecule has 0 aromatic heterocycles. The van der Waals surface area contributed by atoms with E-state index in [2.05, 4.69) is 10.6 Å². The highest BCUT2D eigenvalue weighted by atomic mass is 19.4. The minimum absolute atomic E-state index is 0.0730. The highest BCUT2D eigenvalue weighted by Gasteiger charge is 2.64. The molecule has 0 bridgehead atoms. The zero-order valence-electron chi connectivity index (χ0n) is 10.5. The van der Waals surface area contributed by atoms with Gasteiger partial charge in [0, 0.05) is 6.54 Å². The molecule has 4 nitrogen and oxygen atoms in total. The van der Waals surface area contributed by atoms with Gasteiger partial charge in [-0.2, -0.15) is 13.2 Å². The van der Waals surface area contributed by atoms with E-state index in [0.29, 0.717) is 24.6 Å². The smallest absolute Gasteiger partial charge is 0.411 e. The number of amides is 1. The fourth-order valence-electron chi connectivity index (χ4n) is 2.24. The number of carbonyl (C=O) groups is 1. The highest BCUT2D eigenvalue weighted by molar-refractivity contribution is 5.99. The molecule has 2 N–H and O–H groups in total. The molecule has 1 aliphatic carbocycles. The van der Waals surface area contributed by atoms with Gasteiger partial charge >= 0.3 is 6.18 Å². The molecule has 1 heterocycles. The second kappa shape index (κ2) is 4.29. The lowest BCUT2D eigenvalue weighted by molar-refractivity contribution is -0.163. The number of carbonyl (C=O) groups excluding carboxylic acids is 1. The van der Waals surface area contributed by atoms with Crippen LogP contribution in [0.1, 0.15) is 23.2 Å². The molecule has 0 unspecified atom stereocenters. The summed E-state index contributed by atoms with van der Waals surface area (Å²) < 4.78 is 43.9. The molecule has 3 rings (SSSR count).